The summed E-state index contributed by atoms with van der Waals surface area (Å²) < 4.78 is 16.3. The summed E-state index contributed by atoms with van der Waals surface area (Å²) in [4.78, 5) is 18.2. The van der Waals surface area contributed by atoms with Gasteiger partial charge >= 0.3 is 0 Å². The zero-order valence-electron chi connectivity index (χ0n) is 17.7. The highest BCUT2D eigenvalue weighted by Crippen LogP contribution is 2.29. The van der Waals surface area contributed by atoms with Crippen molar-refractivity contribution in [3.8, 4) is 5.75 Å². The fourth-order valence-corrected chi connectivity index (χ4v) is 4.40. The number of hydrogen-bond acceptors (Lipinski definition) is 5. The first kappa shape index (κ1) is 21.3. The Balaban J connectivity index is 1.65. The Kier molecular flexibility index (Phi) is 6.21. The largest absolute Gasteiger partial charge is 0.497 e. The molecule has 0 aliphatic rings. The minimum atomic E-state index is -2.48. The van der Waals surface area contributed by atoms with Gasteiger partial charge in [0.15, 0.2) is 13.8 Å². The molecule has 2 aromatic heterocycles. The van der Waals surface area contributed by atoms with Crippen molar-refractivity contribution in [1.29, 1.82) is 0 Å². The van der Waals surface area contributed by atoms with Crippen molar-refractivity contribution in [1.82, 2.24) is 9.97 Å². The number of aromatic nitrogens is 2. The van der Waals surface area contributed by atoms with Gasteiger partial charge in [-0.1, -0.05) is 18.2 Å². The van der Waals surface area contributed by atoms with Gasteiger partial charge < -0.3 is 15.4 Å². The average Bonchev–Trinajstić information content (AvgIpc) is 2.76. The number of hydrogen-bond donors (Lipinski definition) is 2. The molecule has 2 heterocycles. The maximum absolute atomic E-state index is 11.1. The number of nitrogens with two attached hydrogens (primary N) is 1. The third kappa shape index (κ3) is 4.71. The molecule has 0 spiro atoms. The van der Waals surface area contributed by atoms with Crippen molar-refractivity contribution in [2.75, 3.05) is 19.0 Å². The van der Waals surface area contributed by atoms with Crippen LogP contribution in [0.2, 0.25) is 0 Å². The molecular formula is C24H26N3O3P. The minimum absolute atomic E-state index is 0.274. The maximum atomic E-state index is 11.1. The van der Waals surface area contributed by atoms with Crippen molar-refractivity contribution in [3.05, 3.63) is 70.9 Å². The quantitative estimate of drug-likeness (QED) is 0.328. The lowest BCUT2D eigenvalue weighted by Crippen LogP contribution is -1.99. The zero-order valence-corrected chi connectivity index (χ0v) is 18.7. The predicted molar refractivity (Wildman–Crippen MR) is 126 cm³/mol. The molecule has 160 valence electrons. The van der Waals surface area contributed by atoms with Crippen LogP contribution in [0.1, 0.15) is 22.3 Å². The molecule has 0 bridgehead atoms. The Morgan fingerprint density at radius 2 is 1.87 bits per heavy atom. The monoisotopic (exact) mass is 435 g/mol. The molecule has 31 heavy (non-hydrogen) atoms. The van der Waals surface area contributed by atoms with Crippen LogP contribution < -0.4 is 10.5 Å². The highest BCUT2D eigenvalue weighted by molar-refractivity contribution is 7.37. The Morgan fingerprint density at radius 3 is 2.61 bits per heavy atom. The number of rotatable bonds is 7. The van der Waals surface area contributed by atoms with Crippen LogP contribution in [0.3, 0.4) is 0 Å². The first-order valence-corrected chi connectivity index (χ1v) is 11.8. The lowest BCUT2D eigenvalue weighted by Gasteiger charge is -2.11. The number of nitrogen functional groups attached to an aromatic ring is 1. The van der Waals surface area contributed by atoms with E-state index in [1.165, 1.54) is 11.1 Å². The standard InChI is InChI=1S/C24H26N3O3P/c1-15-11-19(30-2)7-6-18(15)5-3-17-12-21-20-8-4-16(9-10-31(28)29)13-22(20)27-24(25)23(21)26-14-17/h4,6-8,11-14,31H,3,5,9-10H2,1-2H3,(H2,25,27)(H,28,29). The highest BCUT2D eigenvalue weighted by Gasteiger charge is 2.10. The molecule has 0 fully saturated rings. The predicted octanol–water partition coefficient (Wildman–Crippen LogP) is 4.48. The van der Waals surface area contributed by atoms with Crippen molar-refractivity contribution < 1.29 is 14.2 Å². The molecule has 0 saturated heterocycles. The summed E-state index contributed by atoms with van der Waals surface area (Å²) in [6.45, 7) is 2.10. The van der Waals surface area contributed by atoms with Crippen molar-refractivity contribution in [2.24, 2.45) is 0 Å². The van der Waals surface area contributed by atoms with Gasteiger partial charge in [0, 0.05) is 23.1 Å². The molecule has 0 aliphatic heterocycles. The van der Waals surface area contributed by atoms with Gasteiger partial charge in [0.25, 0.3) is 0 Å². The van der Waals surface area contributed by atoms with E-state index in [1.807, 2.05) is 30.5 Å². The molecule has 0 radical (unpaired) electrons. The minimum Gasteiger partial charge on any atom is -0.497 e. The summed E-state index contributed by atoms with van der Waals surface area (Å²) in [5, 5.41) is 1.97. The SMILES string of the molecule is COc1ccc(CCc2cnc3c(N)nc4cc(CC[PH](=O)O)ccc4c3c2)c(C)c1. The summed E-state index contributed by atoms with van der Waals surface area (Å²) >= 11 is 0. The van der Waals surface area contributed by atoms with Gasteiger partial charge in [-0.3, -0.25) is 9.55 Å². The zero-order chi connectivity index (χ0) is 22.0. The number of anilines is 1. The van der Waals surface area contributed by atoms with Gasteiger partial charge in [0.1, 0.15) is 11.3 Å². The lowest BCUT2D eigenvalue weighted by molar-refractivity contribution is 0.414. The molecule has 4 rings (SSSR count). The highest BCUT2D eigenvalue weighted by atomic mass is 31.1. The van der Waals surface area contributed by atoms with E-state index in [-0.39, 0.29) is 6.16 Å². The normalized spacial score (nSPS) is 12.4. The second-order valence-electron chi connectivity index (χ2n) is 7.77. The maximum Gasteiger partial charge on any atom is 0.189 e. The molecule has 4 aromatic rings. The first-order chi connectivity index (χ1) is 14.9. The summed E-state index contributed by atoms with van der Waals surface area (Å²) in [5.41, 5.74) is 12.3. The number of fused-ring (bicyclic) bond motifs is 3. The molecule has 1 atom stereocenters. The van der Waals surface area contributed by atoms with E-state index in [0.29, 0.717) is 17.8 Å². The van der Waals surface area contributed by atoms with E-state index in [2.05, 4.69) is 35.1 Å². The number of pyridine rings is 2. The molecule has 0 amide bonds. The third-order valence-electron chi connectivity index (χ3n) is 5.64. The van der Waals surface area contributed by atoms with Crippen LogP contribution >= 0.6 is 8.03 Å². The van der Waals surface area contributed by atoms with Crippen LogP contribution in [0, 0.1) is 6.92 Å². The van der Waals surface area contributed by atoms with Crippen LogP contribution in [-0.2, 0) is 23.8 Å². The van der Waals surface area contributed by atoms with Gasteiger partial charge in [0.05, 0.1) is 12.6 Å². The summed E-state index contributed by atoms with van der Waals surface area (Å²) in [5.74, 6) is 1.27. The van der Waals surface area contributed by atoms with E-state index in [9.17, 15) is 4.57 Å². The van der Waals surface area contributed by atoms with Gasteiger partial charge in [0.2, 0.25) is 0 Å². The number of ether oxygens (including phenoxy) is 1. The third-order valence-corrected chi connectivity index (χ3v) is 6.32. The van der Waals surface area contributed by atoms with E-state index in [1.54, 1.807) is 7.11 Å². The molecule has 0 aliphatic carbocycles. The fraction of sp³-hybridized carbons (Fsp3) is 0.250. The van der Waals surface area contributed by atoms with Gasteiger partial charge in [-0.2, -0.15) is 0 Å². The summed E-state index contributed by atoms with van der Waals surface area (Å²) in [7, 11) is -0.803. The molecular weight excluding hydrogens is 409 g/mol. The van der Waals surface area contributed by atoms with E-state index >= 15 is 0 Å². The van der Waals surface area contributed by atoms with E-state index in [4.69, 9.17) is 15.4 Å². The number of methoxy groups -OCH3 is 1. The Bertz CT molecular complexity index is 1290. The van der Waals surface area contributed by atoms with Crippen LogP contribution in [0.25, 0.3) is 21.8 Å². The van der Waals surface area contributed by atoms with Crippen molar-refractivity contribution in [2.45, 2.75) is 26.2 Å². The summed E-state index contributed by atoms with van der Waals surface area (Å²) in [6.07, 6.45) is 4.46. The smallest absolute Gasteiger partial charge is 0.189 e. The van der Waals surface area contributed by atoms with Crippen molar-refractivity contribution in [3.63, 3.8) is 0 Å². The lowest BCUT2D eigenvalue weighted by atomic mass is 9.99. The topological polar surface area (TPSA) is 98.3 Å². The fourth-order valence-electron chi connectivity index (χ4n) is 3.90. The van der Waals surface area contributed by atoms with Gasteiger partial charge in [-0.05, 0) is 72.7 Å². The number of aryl methyl sites for hydroxylation is 4. The van der Waals surface area contributed by atoms with Crippen molar-refractivity contribution >= 4 is 35.7 Å². The molecule has 3 N–H and O–H groups in total. The van der Waals surface area contributed by atoms with Crippen LogP contribution in [0.4, 0.5) is 5.82 Å². The Hall–Kier alpha value is -2.95. The van der Waals surface area contributed by atoms with Gasteiger partial charge in [-0.15, -0.1) is 0 Å². The first-order valence-electron chi connectivity index (χ1n) is 10.3. The molecule has 1 unspecified atom stereocenters. The van der Waals surface area contributed by atoms with Crippen LogP contribution in [0.5, 0.6) is 5.75 Å². The average molecular weight is 435 g/mol. The number of nitrogens with zero attached hydrogens (tertiary/aromatic N) is 2. The summed E-state index contributed by atoms with van der Waals surface area (Å²) in [6, 6.07) is 14.2. The van der Waals surface area contributed by atoms with Gasteiger partial charge in [-0.25, -0.2) is 4.98 Å². The Morgan fingerprint density at radius 1 is 1.03 bits per heavy atom. The van der Waals surface area contributed by atoms with Crippen LogP contribution in [-0.4, -0.2) is 28.1 Å². The number of benzene rings is 2. The second kappa shape index (κ2) is 9.04. The molecule has 6 nitrogen and oxygen atoms in total. The van der Waals surface area contributed by atoms with Crippen LogP contribution in [0.15, 0.2) is 48.7 Å². The molecule has 0 saturated carbocycles. The molecule has 7 heteroatoms. The second-order valence-corrected chi connectivity index (χ2v) is 9.06. The molecule has 2 aromatic carbocycles. The van der Waals surface area contributed by atoms with E-state index in [0.717, 1.165) is 46.0 Å². The van der Waals surface area contributed by atoms with E-state index < -0.39 is 8.03 Å². The Labute approximate surface area is 182 Å².